The van der Waals surface area contributed by atoms with E-state index in [0.29, 0.717) is 22.8 Å². The predicted octanol–water partition coefficient (Wildman–Crippen LogP) is 2.90. The molecule has 104 valence electrons. The Morgan fingerprint density at radius 2 is 2.00 bits per heavy atom. The Hall–Kier alpha value is -2.07. The summed E-state index contributed by atoms with van der Waals surface area (Å²) in [5.41, 5.74) is 8.32. The number of pyridine rings is 1. The molecule has 0 bridgehead atoms. The van der Waals surface area contributed by atoms with Crippen LogP contribution in [0.4, 0.5) is 5.69 Å². The molecule has 2 rings (SSSR count). The summed E-state index contributed by atoms with van der Waals surface area (Å²) < 4.78 is 0. The monoisotopic (exact) mass is 289 g/mol. The molecule has 1 amide bonds. The highest BCUT2D eigenvalue weighted by Gasteiger charge is 2.16. The summed E-state index contributed by atoms with van der Waals surface area (Å²) in [6, 6.07) is 10.8. The summed E-state index contributed by atoms with van der Waals surface area (Å²) in [6.45, 7) is 2.34. The number of rotatable bonds is 3. The van der Waals surface area contributed by atoms with Crippen LogP contribution in [0.15, 0.2) is 36.4 Å². The third-order valence-electron chi connectivity index (χ3n) is 2.98. The first-order valence-electron chi connectivity index (χ1n) is 6.21. The van der Waals surface area contributed by atoms with Crippen LogP contribution in [0.5, 0.6) is 0 Å². The minimum absolute atomic E-state index is 0.173. The number of nitrogens with two attached hydrogens (primary N) is 1. The molecule has 1 aromatic carbocycles. The van der Waals surface area contributed by atoms with Gasteiger partial charge in [0.25, 0.3) is 5.91 Å². The normalized spacial score (nSPS) is 10.3. The summed E-state index contributed by atoms with van der Waals surface area (Å²) >= 11 is 5.94. The highest BCUT2D eigenvalue weighted by Crippen LogP contribution is 2.23. The molecule has 0 atom stereocenters. The van der Waals surface area contributed by atoms with Crippen molar-refractivity contribution < 1.29 is 4.79 Å². The van der Waals surface area contributed by atoms with E-state index in [1.54, 1.807) is 30.1 Å². The van der Waals surface area contributed by atoms with Crippen molar-refractivity contribution in [3.63, 3.8) is 0 Å². The second-order valence-corrected chi connectivity index (χ2v) is 5.04. The zero-order valence-corrected chi connectivity index (χ0v) is 12.2. The van der Waals surface area contributed by atoms with Crippen LogP contribution in [-0.4, -0.2) is 22.8 Å². The Bertz CT molecular complexity index is 643. The smallest absolute Gasteiger partial charge is 0.256 e. The van der Waals surface area contributed by atoms with Crippen LogP contribution < -0.4 is 5.73 Å². The maximum Gasteiger partial charge on any atom is 0.256 e. The molecule has 0 spiro atoms. The predicted molar refractivity (Wildman–Crippen MR) is 80.6 cm³/mol. The van der Waals surface area contributed by atoms with E-state index in [2.05, 4.69) is 4.98 Å². The van der Waals surface area contributed by atoms with Crippen LogP contribution >= 0.6 is 11.6 Å². The van der Waals surface area contributed by atoms with E-state index in [4.69, 9.17) is 17.3 Å². The van der Waals surface area contributed by atoms with Crippen molar-refractivity contribution in [3.05, 3.63) is 58.4 Å². The van der Waals surface area contributed by atoms with Crippen LogP contribution in [0.3, 0.4) is 0 Å². The van der Waals surface area contributed by atoms with Crippen molar-refractivity contribution in [2.24, 2.45) is 0 Å². The molecule has 2 aromatic rings. The van der Waals surface area contributed by atoms with Gasteiger partial charge in [-0.1, -0.05) is 23.7 Å². The molecule has 2 N–H and O–H groups in total. The fourth-order valence-corrected chi connectivity index (χ4v) is 2.11. The van der Waals surface area contributed by atoms with E-state index in [9.17, 15) is 4.79 Å². The van der Waals surface area contributed by atoms with E-state index < -0.39 is 0 Å². The number of aromatic nitrogens is 1. The minimum Gasteiger partial charge on any atom is -0.397 e. The third-order valence-corrected chi connectivity index (χ3v) is 3.30. The van der Waals surface area contributed by atoms with Gasteiger partial charge in [-0.3, -0.25) is 9.78 Å². The number of benzene rings is 1. The average Bonchev–Trinajstić information content (AvgIpc) is 2.41. The lowest BCUT2D eigenvalue weighted by Gasteiger charge is -2.18. The number of halogens is 1. The van der Waals surface area contributed by atoms with Crippen LogP contribution in [0.2, 0.25) is 5.02 Å². The Kier molecular flexibility index (Phi) is 4.25. The number of amides is 1. The number of carbonyl (C=O) groups is 1. The zero-order chi connectivity index (χ0) is 14.7. The molecule has 0 saturated carbocycles. The Labute approximate surface area is 123 Å². The maximum atomic E-state index is 12.4. The quantitative estimate of drug-likeness (QED) is 0.884. The molecular weight excluding hydrogens is 274 g/mol. The highest BCUT2D eigenvalue weighted by molar-refractivity contribution is 6.33. The van der Waals surface area contributed by atoms with Crippen molar-refractivity contribution in [2.75, 3.05) is 12.8 Å². The van der Waals surface area contributed by atoms with Gasteiger partial charge in [0.15, 0.2) is 0 Å². The maximum absolute atomic E-state index is 12.4. The molecule has 4 nitrogen and oxygen atoms in total. The number of para-hydroxylation sites is 1. The highest BCUT2D eigenvalue weighted by atomic mass is 35.5. The van der Waals surface area contributed by atoms with E-state index in [1.165, 1.54) is 0 Å². The number of carbonyl (C=O) groups excluding carboxylic acids is 1. The fraction of sp³-hybridized carbons (Fsp3) is 0.200. The molecule has 0 fully saturated rings. The van der Waals surface area contributed by atoms with Crippen LogP contribution in [-0.2, 0) is 6.54 Å². The van der Waals surface area contributed by atoms with Gasteiger partial charge in [-0.05, 0) is 31.2 Å². The second-order valence-electron chi connectivity index (χ2n) is 4.63. The van der Waals surface area contributed by atoms with Gasteiger partial charge in [-0.2, -0.15) is 0 Å². The van der Waals surface area contributed by atoms with Crippen LogP contribution in [0.25, 0.3) is 0 Å². The van der Waals surface area contributed by atoms with Gasteiger partial charge in [0.2, 0.25) is 0 Å². The van der Waals surface area contributed by atoms with Crippen molar-refractivity contribution in [1.29, 1.82) is 0 Å². The Morgan fingerprint density at radius 1 is 1.30 bits per heavy atom. The van der Waals surface area contributed by atoms with Crippen molar-refractivity contribution in [3.8, 4) is 0 Å². The molecular formula is C15H16ClN3O. The van der Waals surface area contributed by atoms with Crippen molar-refractivity contribution in [2.45, 2.75) is 13.5 Å². The number of hydrogen-bond donors (Lipinski definition) is 1. The van der Waals surface area contributed by atoms with Gasteiger partial charge in [0.1, 0.15) is 0 Å². The van der Waals surface area contributed by atoms with Gasteiger partial charge >= 0.3 is 0 Å². The lowest BCUT2D eigenvalue weighted by Crippen LogP contribution is -2.27. The Morgan fingerprint density at radius 3 is 2.70 bits per heavy atom. The molecule has 20 heavy (non-hydrogen) atoms. The molecule has 1 aromatic heterocycles. The second kappa shape index (κ2) is 5.92. The van der Waals surface area contributed by atoms with Gasteiger partial charge in [0, 0.05) is 12.7 Å². The molecule has 0 unspecified atom stereocenters. The lowest BCUT2D eigenvalue weighted by atomic mass is 10.1. The third kappa shape index (κ3) is 3.08. The summed E-state index contributed by atoms with van der Waals surface area (Å²) in [4.78, 5) is 18.3. The molecule has 1 heterocycles. The molecule has 0 radical (unpaired) electrons. The number of nitrogen functional groups attached to an aromatic ring is 1. The van der Waals surface area contributed by atoms with Gasteiger partial charge in [-0.15, -0.1) is 0 Å². The fourth-order valence-electron chi connectivity index (χ4n) is 1.93. The van der Waals surface area contributed by atoms with E-state index in [-0.39, 0.29) is 5.91 Å². The number of anilines is 1. The first kappa shape index (κ1) is 14.3. The SMILES string of the molecule is Cc1cccc(CN(C)C(=O)c2cccc(Cl)c2N)n1. The van der Waals surface area contributed by atoms with Gasteiger partial charge in [-0.25, -0.2) is 0 Å². The van der Waals surface area contributed by atoms with E-state index in [1.807, 2.05) is 25.1 Å². The van der Waals surface area contributed by atoms with Crippen LogP contribution in [0, 0.1) is 6.92 Å². The van der Waals surface area contributed by atoms with E-state index >= 15 is 0 Å². The summed E-state index contributed by atoms with van der Waals surface area (Å²) in [5.74, 6) is -0.173. The summed E-state index contributed by atoms with van der Waals surface area (Å²) in [5, 5.41) is 0.387. The largest absolute Gasteiger partial charge is 0.397 e. The topological polar surface area (TPSA) is 59.2 Å². The van der Waals surface area contributed by atoms with E-state index in [0.717, 1.165) is 11.4 Å². The minimum atomic E-state index is -0.173. The summed E-state index contributed by atoms with van der Waals surface area (Å²) in [6.07, 6.45) is 0. The van der Waals surface area contributed by atoms with Gasteiger partial charge in [0.05, 0.1) is 28.5 Å². The number of hydrogen-bond acceptors (Lipinski definition) is 3. The van der Waals surface area contributed by atoms with Crippen LogP contribution in [0.1, 0.15) is 21.7 Å². The molecule has 5 heteroatoms. The number of aryl methyl sites for hydroxylation is 1. The first-order valence-corrected chi connectivity index (χ1v) is 6.59. The molecule has 0 aliphatic rings. The lowest BCUT2D eigenvalue weighted by molar-refractivity contribution is 0.0784. The standard InChI is InChI=1S/C15H16ClN3O/c1-10-5-3-6-11(18-10)9-19(2)15(20)12-7-4-8-13(16)14(12)17/h3-8H,9,17H2,1-2H3. The van der Waals surface area contributed by atoms with Gasteiger partial charge < -0.3 is 10.6 Å². The molecule has 0 saturated heterocycles. The Balaban J connectivity index is 2.19. The average molecular weight is 290 g/mol. The zero-order valence-electron chi connectivity index (χ0n) is 11.4. The number of nitrogens with zero attached hydrogens (tertiary/aromatic N) is 2. The molecule has 0 aliphatic carbocycles. The van der Waals surface area contributed by atoms with Crippen molar-refractivity contribution >= 4 is 23.2 Å². The van der Waals surface area contributed by atoms with Crippen molar-refractivity contribution in [1.82, 2.24) is 9.88 Å². The molecule has 0 aliphatic heterocycles. The first-order chi connectivity index (χ1) is 9.49. The summed E-state index contributed by atoms with van der Waals surface area (Å²) in [7, 11) is 1.71.